The molecule has 0 bridgehead atoms. The average molecular weight is 268 g/mol. The van der Waals surface area contributed by atoms with Crippen LogP contribution in [0.4, 0.5) is 13.2 Å². The van der Waals surface area contributed by atoms with E-state index < -0.39 is 6.43 Å². The summed E-state index contributed by atoms with van der Waals surface area (Å²) in [4.78, 5) is 7.25. The molecule has 0 fully saturated rings. The molecule has 2 nitrogen and oxygen atoms in total. The number of rotatable bonds is 4. The first kappa shape index (κ1) is 25.7. The van der Waals surface area contributed by atoms with Gasteiger partial charge in [-0.25, -0.2) is 8.78 Å². The van der Waals surface area contributed by atoms with Crippen LogP contribution in [-0.2, 0) is 0 Å². The molecular weight excluding hydrogens is 241 g/mol. The fraction of sp³-hybridized carbons (Fsp3) is 0.692. The van der Waals surface area contributed by atoms with Crippen molar-refractivity contribution in [3.8, 4) is 0 Å². The lowest BCUT2D eigenvalue weighted by atomic mass is 10.3. The first-order chi connectivity index (χ1) is 8.66. The quantitative estimate of drug-likeness (QED) is 0.644. The van der Waals surface area contributed by atoms with E-state index in [0.29, 0.717) is 19.8 Å². The predicted molar refractivity (Wildman–Crippen MR) is 77.0 cm³/mol. The zero-order chi connectivity index (χ0) is 15.4. The van der Waals surface area contributed by atoms with E-state index in [0.717, 1.165) is 5.71 Å². The Morgan fingerprint density at radius 1 is 1.11 bits per heavy atom. The van der Waals surface area contributed by atoms with Gasteiger partial charge in [0.15, 0.2) is 0 Å². The van der Waals surface area contributed by atoms with Crippen LogP contribution >= 0.6 is 0 Å². The van der Waals surface area contributed by atoms with E-state index in [4.69, 9.17) is 0 Å². The Balaban J connectivity index is -0.000000141. The third-order valence-electron chi connectivity index (χ3n) is 1.19. The number of nitrogens with zero attached hydrogens (tertiary/aromatic N) is 2. The molecule has 0 radical (unpaired) electrons. The highest BCUT2D eigenvalue weighted by Gasteiger charge is 1.91. The average Bonchev–Trinajstić information content (AvgIpc) is 2.44. The zero-order valence-corrected chi connectivity index (χ0v) is 12.5. The Morgan fingerprint density at radius 3 is 1.89 bits per heavy atom. The zero-order valence-electron chi connectivity index (χ0n) is 12.5. The molecule has 0 unspecified atom stereocenters. The third-order valence-corrected chi connectivity index (χ3v) is 1.19. The van der Waals surface area contributed by atoms with Gasteiger partial charge in [-0.15, -0.1) is 0 Å². The molecule has 0 aliphatic carbocycles. The highest BCUT2D eigenvalue weighted by Crippen LogP contribution is 1.90. The van der Waals surface area contributed by atoms with E-state index in [9.17, 15) is 13.2 Å². The van der Waals surface area contributed by atoms with Gasteiger partial charge in [-0.3, -0.25) is 14.4 Å². The standard InChI is InChI=1S/C8H12F2N2.2C2H6.CH3F/c1-7(11-2)4-3-5-12-6-8(9)10;3*1-2/h3,5-6,8H,4H2,1-2H3;2*1-2H3;1H3. The molecule has 0 aromatic carbocycles. The molecule has 0 heterocycles. The summed E-state index contributed by atoms with van der Waals surface area (Å²) in [5, 5.41) is 0. The molecule has 0 aromatic heterocycles. The van der Waals surface area contributed by atoms with Crippen molar-refractivity contribution in [2.45, 2.75) is 47.5 Å². The summed E-state index contributed by atoms with van der Waals surface area (Å²) >= 11 is 0. The van der Waals surface area contributed by atoms with E-state index in [1.165, 1.54) is 6.20 Å². The first-order valence-corrected chi connectivity index (χ1v) is 5.93. The second-order valence-electron chi connectivity index (χ2n) is 2.18. The summed E-state index contributed by atoms with van der Waals surface area (Å²) in [7, 11) is 2.19. The van der Waals surface area contributed by atoms with Gasteiger partial charge in [0.25, 0.3) is 6.43 Å². The summed E-state index contributed by atoms with van der Waals surface area (Å²) in [5.41, 5.74) is 0.943. The summed E-state index contributed by atoms with van der Waals surface area (Å²) in [6.45, 7) is 9.86. The Morgan fingerprint density at radius 2 is 1.56 bits per heavy atom. The first-order valence-electron chi connectivity index (χ1n) is 5.93. The van der Waals surface area contributed by atoms with Crippen LogP contribution in [0.2, 0.25) is 0 Å². The molecule has 0 saturated carbocycles. The highest BCUT2D eigenvalue weighted by molar-refractivity contribution is 5.83. The van der Waals surface area contributed by atoms with Crippen LogP contribution in [0.3, 0.4) is 0 Å². The maximum absolute atomic E-state index is 11.5. The summed E-state index contributed by atoms with van der Waals surface area (Å²) in [5.74, 6) is 0. The molecule has 0 N–H and O–H groups in total. The van der Waals surface area contributed by atoms with E-state index in [1.807, 2.05) is 34.6 Å². The minimum atomic E-state index is -2.48. The van der Waals surface area contributed by atoms with Gasteiger partial charge in [-0.2, -0.15) is 0 Å². The minimum Gasteiger partial charge on any atom is -0.297 e. The van der Waals surface area contributed by atoms with E-state index in [2.05, 4.69) is 9.98 Å². The molecular formula is C13H27F3N2. The van der Waals surface area contributed by atoms with Gasteiger partial charge >= 0.3 is 0 Å². The fourth-order valence-corrected chi connectivity index (χ4v) is 0.490. The lowest BCUT2D eigenvalue weighted by Gasteiger charge is -1.88. The van der Waals surface area contributed by atoms with Crippen LogP contribution in [0.5, 0.6) is 0 Å². The number of aliphatic imine (C=N–C) groups is 2. The molecule has 0 saturated heterocycles. The van der Waals surface area contributed by atoms with Crippen molar-refractivity contribution < 1.29 is 13.2 Å². The summed E-state index contributed by atoms with van der Waals surface area (Å²) < 4.78 is 32.5. The van der Waals surface area contributed by atoms with Crippen LogP contribution in [0.1, 0.15) is 41.0 Å². The largest absolute Gasteiger partial charge is 0.297 e. The van der Waals surface area contributed by atoms with Crippen molar-refractivity contribution in [2.75, 3.05) is 14.2 Å². The Bertz CT molecular complexity index is 200. The summed E-state index contributed by atoms with van der Waals surface area (Å²) in [6, 6.07) is 0. The number of alkyl halides is 3. The van der Waals surface area contributed by atoms with Gasteiger partial charge in [0.05, 0.1) is 13.4 Å². The van der Waals surface area contributed by atoms with Gasteiger partial charge in [0.2, 0.25) is 0 Å². The van der Waals surface area contributed by atoms with Crippen molar-refractivity contribution in [3.05, 3.63) is 12.3 Å². The molecule has 0 rings (SSSR count). The lowest BCUT2D eigenvalue weighted by molar-refractivity contribution is 0.231. The Kier molecular flexibility index (Phi) is 42.3. The fourth-order valence-electron chi connectivity index (χ4n) is 0.490. The van der Waals surface area contributed by atoms with Crippen molar-refractivity contribution >= 4 is 11.9 Å². The van der Waals surface area contributed by atoms with Crippen molar-refractivity contribution in [2.24, 2.45) is 9.98 Å². The second-order valence-corrected chi connectivity index (χ2v) is 2.18. The van der Waals surface area contributed by atoms with Crippen molar-refractivity contribution in [3.63, 3.8) is 0 Å². The van der Waals surface area contributed by atoms with Crippen LogP contribution in [0.25, 0.3) is 0 Å². The van der Waals surface area contributed by atoms with Crippen LogP contribution < -0.4 is 0 Å². The van der Waals surface area contributed by atoms with Gasteiger partial charge in [0.1, 0.15) is 0 Å². The second kappa shape index (κ2) is 29.7. The molecule has 0 aliphatic rings. The van der Waals surface area contributed by atoms with Gasteiger partial charge in [-0.1, -0.05) is 33.8 Å². The van der Waals surface area contributed by atoms with Crippen LogP contribution in [0.15, 0.2) is 22.3 Å². The smallest absolute Gasteiger partial charge is 0.273 e. The van der Waals surface area contributed by atoms with E-state index in [1.54, 1.807) is 13.1 Å². The minimum absolute atomic E-state index is 0.500. The Labute approximate surface area is 110 Å². The molecule has 0 amide bonds. The topological polar surface area (TPSA) is 24.7 Å². The molecule has 0 aliphatic heterocycles. The Hall–Kier alpha value is -1.13. The number of halogens is 3. The maximum Gasteiger partial charge on any atom is 0.273 e. The van der Waals surface area contributed by atoms with Crippen molar-refractivity contribution in [1.29, 1.82) is 0 Å². The van der Waals surface area contributed by atoms with Crippen molar-refractivity contribution in [1.82, 2.24) is 0 Å². The predicted octanol–water partition coefficient (Wildman–Crippen LogP) is 4.95. The van der Waals surface area contributed by atoms with Gasteiger partial charge in [0, 0.05) is 25.4 Å². The monoisotopic (exact) mass is 268 g/mol. The normalized spacial score (nSPS) is 10.3. The lowest BCUT2D eigenvalue weighted by Crippen LogP contribution is -1.89. The van der Waals surface area contributed by atoms with Crippen LogP contribution in [-0.4, -0.2) is 32.6 Å². The molecule has 0 atom stereocenters. The highest BCUT2D eigenvalue weighted by atomic mass is 19.3. The molecule has 5 heteroatoms. The maximum atomic E-state index is 11.5. The molecule has 0 spiro atoms. The van der Waals surface area contributed by atoms with Gasteiger partial charge < -0.3 is 0 Å². The molecule has 0 aromatic rings. The number of hydrogen-bond acceptors (Lipinski definition) is 2. The van der Waals surface area contributed by atoms with E-state index in [-0.39, 0.29) is 0 Å². The van der Waals surface area contributed by atoms with Gasteiger partial charge in [-0.05, 0) is 6.92 Å². The SMILES string of the molecule is CC.CC.CF.CN=C(C)CC=CN=CC(F)F. The van der Waals surface area contributed by atoms with E-state index >= 15 is 0 Å². The van der Waals surface area contributed by atoms with Crippen LogP contribution in [0, 0.1) is 0 Å². The molecule has 110 valence electrons. The third kappa shape index (κ3) is 36.4. The molecule has 18 heavy (non-hydrogen) atoms. The number of allylic oxidation sites excluding steroid dienone is 1. The number of hydrogen-bond donors (Lipinski definition) is 0. The summed E-state index contributed by atoms with van der Waals surface area (Å²) in [6.07, 6.45) is 1.80.